The smallest absolute Gasteiger partial charge is 0.126 e. The fourth-order valence-electron chi connectivity index (χ4n) is 1.66. The van der Waals surface area contributed by atoms with Crippen LogP contribution in [0.2, 0.25) is 0 Å². The van der Waals surface area contributed by atoms with E-state index in [1.807, 2.05) is 19.1 Å². The predicted molar refractivity (Wildman–Crippen MR) is 72.0 cm³/mol. The van der Waals surface area contributed by atoms with Crippen LogP contribution in [0.1, 0.15) is 11.3 Å². The second kappa shape index (κ2) is 5.49. The Kier molecular flexibility index (Phi) is 3.77. The minimum atomic E-state index is -0.206. The van der Waals surface area contributed by atoms with Crippen molar-refractivity contribution in [3.63, 3.8) is 0 Å². The molecule has 0 aliphatic carbocycles. The third kappa shape index (κ3) is 3.20. The van der Waals surface area contributed by atoms with Gasteiger partial charge < -0.3 is 11.1 Å². The van der Waals surface area contributed by atoms with Gasteiger partial charge in [0, 0.05) is 6.54 Å². The molecule has 3 N–H and O–H groups in total. The van der Waals surface area contributed by atoms with Crippen molar-refractivity contribution >= 4 is 11.5 Å². The number of hydrogen-bond acceptors (Lipinski definition) is 3. The van der Waals surface area contributed by atoms with E-state index in [-0.39, 0.29) is 5.82 Å². The highest BCUT2D eigenvalue weighted by molar-refractivity contribution is 5.49. The molecule has 2 rings (SSSR count). The monoisotopic (exact) mass is 245 g/mol. The number of benzene rings is 1. The Balaban J connectivity index is 1.88. The summed E-state index contributed by atoms with van der Waals surface area (Å²) in [6.07, 6.45) is 0.825. The van der Waals surface area contributed by atoms with Gasteiger partial charge in [-0.25, -0.2) is 9.37 Å². The number of nitrogen functional groups attached to an aromatic ring is 1. The quantitative estimate of drug-likeness (QED) is 0.870. The predicted octanol–water partition coefficient (Wildman–Crippen LogP) is 2.77. The molecule has 0 aliphatic rings. The van der Waals surface area contributed by atoms with Gasteiger partial charge in [0.05, 0.1) is 11.4 Å². The summed E-state index contributed by atoms with van der Waals surface area (Å²) in [4.78, 5) is 4.32. The fraction of sp³-hybridized carbons (Fsp3) is 0.214. The normalized spacial score (nSPS) is 10.3. The van der Waals surface area contributed by atoms with E-state index in [1.54, 1.807) is 12.1 Å². The highest BCUT2D eigenvalue weighted by Crippen LogP contribution is 2.12. The number of halogens is 1. The summed E-state index contributed by atoms with van der Waals surface area (Å²) in [5, 5.41) is 3.22. The maximum atomic E-state index is 12.7. The Morgan fingerprint density at radius 1 is 1.17 bits per heavy atom. The Morgan fingerprint density at radius 2 is 1.89 bits per heavy atom. The largest absolute Gasteiger partial charge is 0.397 e. The van der Waals surface area contributed by atoms with Crippen molar-refractivity contribution in [1.29, 1.82) is 0 Å². The molecule has 1 heterocycles. The van der Waals surface area contributed by atoms with Gasteiger partial charge in [-0.15, -0.1) is 0 Å². The summed E-state index contributed by atoms with van der Waals surface area (Å²) < 4.78 is 12.7. The molecule has 0 radical (unpaired) electrons. The average molecular weight is 245 g/mol. The second-order valence-corrected chi connectivity index (χ2v) is 4.17. The van der Waals surface area contributed by atoms with Gasteiger partial charge in [0.1, 0.15) is 11.6 Å². The van der Waals surface area contributed by atoms with E-state index in [9.17, 15) is 4.39 Å². The van der Waals surface area contributed by atoms with Crippen molar-refractivity contribution in [1.82, 2.24) is 4.98 Å². The summed E-state index contributed by atoms with van der Waals surface area (Å²) >= 11 is 0. The Morgan fingerprint density at radius 3 is 2.56 bits per heavy atom. The zero-order chi connectivity index (χ0) is 13.0. The number of aryl methyl sites for hydroxylation is 1. The molecule has 0 atom stereocenters. The van der Waals surface area contributed by atoms with E-state index in [0.29, 0.717) is 5.69 Å². The summed E-state index contributed by atoms with van der Waals surface area (Å²) in [7, 11) is 0. The van der Waals surface area contributed by atoms with Crippen LogP contribution < -0.4 is 11.1 Å². The highest BCUT2D eigenvalue weighted by Gasteiger charge is 1.98. The molecule has 3 nitrogen and oxygen atoms in total. The molecule has 0 amide bonds. The van der Waals surface area contributed by atoms with Crippen LogP contribution in [0.3, 0.4) is 0 Å². The van der Waals surface area contributed by atoms with Crippen LogP contribution in [0.5, 0.6) is 0 Å². The first-order chi connectivity index (χ1) is 8.65. The number of nitrogens with zero attached hydrogens (tertiary/aromatic N) is 1. The summed E-state index contributed by atoms with van der Waals surface area (Å²) in [5.74, 6) is 0.603. The molecule has 0 spiro atoms. The van der Waals surface area contributed by atoms with Gasteiger partial charge in [-0.05, 0) is 43.2 Å². The Bertz CT molecular complexity index is 523. The van der Waals surface area contributed by atoms with Gasteiger partial charge in [-0.3, -0.25) is 0 Å². The SMILES string of the molecule is Cc1nc(NCCc2ccc(F)cc2)ccc1N. The van der Waals surface area contributed by atoms with E-state index in [1.165, 1.54) is 12.1 Å². The molecule has 18 heavy (non-hydrogen) atoms. The van der Waals surface area contributed by atoms with Gasteiger partial charge in [-0.2, -0.15) is 0 Å². The third-order valence-electron chi connectivity index (χ3n) is 2.76. The number of rotatable bonds is 4. The lowest BCUT2D eigenvalue weighted by molar-refractivity contribution is 0.627. The van der Waals surface area contributed by atoms with Gasteiger partial charge in [0.15, 0.2) is 0 Å². The van der Waals surface area contributed by atoms with Crippen molar-refractivity contribution in [3.05, 3.63) is 53.5 Å². The maximum Gasteiger partial charge on any atom is 0.126 e. The molecular weight excluding hydrogens is 229 g/mol. The van der Waals surface area contributed by atoms with E-state index in [2.05, 4.69) is 10.3 Å². The van der Waals surface area contributed by atoms with Crippen LogP contribution in [0.25, 0.3) is 0 Å². The van der Waals surface area contributed by atoms with Crippen molar-refractivity contribution in [3.8, 4) is 0 Å². The first-order valence-corrected chi connectivity index (χ1v) is 5.86. The lowest BCUT2D eigenvalue weighted by Crippen LogP contribution is -2.07. The van der Waals surface area contributed by atoms with Crippen LogP contribution in [0.15, 0.2) is 36.4 Å². The van der Waals surface area contributed by atoms with Crippen molar-refractivity contribution in [2.45, 2.75) is 13.3 Å². The first kappa shape index (κ1) is 12.4. The van der Waals surface area contributed by atoms with Gasteiger partial charge in [-0.1, -0.05) is 12.1 Å². The van der Waals surface area contributed by atoms with Crippen LogP contribution >= 0.6 is 0 Å². The van der Waals surface area contributed by atoms with Crippen LogP contribution in [0, 0.1) is 12.7 Å². The fourth-order valence-corrected chi connectivity index (χ4v) is 1.66. The number of nitrogens with two attached hydrogens (primary N) is 1. The van der Waals surface area contributed by atoms with Crippen molar-refractivity contribution in [2.75, 3.05) is 17.6 Å². The zero-order valence-corrected chi connectivity index (χ0v) is 10.3. The van der Waals surface area contributed by atoms with Crippen molar-refractivity contribution in [2.24, 2.45) is 0 Å². The average Bonchev–Trinajstić information content (AvgIpc) is 2.36. The molecule has 1 aromatic heterocycles. The topological polar surface area (TPSA) is 50.9 Å². The lowest BCUT2D eigenvalue weighted by atomic mass is 10.1. The van der Waals surface area contributed by atoms with Crippen LogP contribution in [-0.2, 0) is 6.42 Å². The van der Waals surface area contributed by atoms with Gasteiger partial charge in [0.2, 0.25) is 0 Å². The number of aromatic nitrogens is 1. The summed E-state index contributed by atoms with van der Waals surface area (Å²) in [6.45, 7) is 2.63. The van der Waals surface area contributed by atoms with Crippen LogP contribution in [0.4, 0.5) is 15.9 Å². The molecule has 0 saturated carbocycles. The van der Waals surface area contributed by atoms with Gasteiger partial charge >= 0.3 is 0 Å². The minimum absolute atomic E-state index is 0.206. The number of anilines is 2. The molecule has 0 saturated heterocycles. The standard InChI is InChI=1S/C14H16FN3/c1-10-13(16)6-7-14(18-10)17-9-8-11-2-4-12(15)5-3-11/h2-7H,8-9,16H2,1H3,(H,17,18). The number of nitrogens with one attached hydrogen (secondary N) is 1. The Labute approximate surface area is 106 Å². The molecule has 0 unspecified atom stereocenters. The number of hydrogen-bond donors (Lipinski definition) is 2. The van der Waals surface area contributed by atoms with Gasteiger partial charge in [0.25, 0.3) is 0 Å². The molecule has 1 aromatic carbocycles. The highest BCUT2D eigenvalue weighted by atomic mass is 19.1. The first-order valence-electron chi connectivity index (χ1n) is 5.86. The van der Waals surface area contributed by atoms with Crippen molar-refractivity contribution < 1.29 is 4.39 Å². The lowest BCUT2D eigenvalue weighted by Gasteiger charge is -2.07. The second-order valence-electron chi connectivity index (χ2n) is 4.17. The molecule has 0 aliphatic heterocycles. The molecule has 0 fully saturated rings. The third-order valence-corrected chi connectivity index (χ3v) is 2.76. The van der Waals surface area contributed by atoms with E-state index in [0.717, 1.165) is 30.0 Å². The summed E-state index contributed by atoms with van der Waals surface area (Å²) in [6, 6.07) is 10.2. The van der Waals surface area contributed by atoms with E-state index >= 15 is 0 Å². The minimum Gasteiger partial charge on any atom is -0.397 e. The van der Waals surface area contributed by atoms with E-state index in [4.69, 9.17) is 5.73 Å². The Hall–Kier alpha value is -2.10. The maximum absolute atomic E-state index is 12.7. The molecule has 0 bridgehead atoms. The molecule has 94 valence electrons. The van der Waals surface area contributed by atoms with Crippen LogP contribution in [-0.4, -0.2) is 11.5 Å². The summed E-state index contributed by atoms with van der Waals surface area (Å²) in [5.41, 5.74) is 8.31. The molecular formula is C14H16FN3. The molecule has 2 aromatic rings. The van der Waals surface area contributed by atoms with E-state index < -0.39 is 0 Å². The zero-order valence-electron chi connectivity index (χ0n) is 10.3. The number of pyridine rings is 1. The molecule has 4 heteroatoms.